The van der Waals surface area contributed by atoms with Crippen molar-refractivity contribution < 1.29 is 75.9 Å². The molecule has 334 valence electrons. The van der Waals surface area contributed by atoms with Crippen molar-refractivity contribution in [3.63, 3.8) is 0 Å². The SMILES string of the molecule is CC(=CC=CC(C)=[N+](CCCCCC(=O)O)c1ccc(S(=O)(=O)O)cc1C)N(CCCS(=O)(=O)O)c1cc(C(=O)NCCS(=O)(=O)O)cc(C(=O)NCCS(=O)(=O)O)c1C. The Labute approximate surface area is 350 Å². The molecule has 0 aliphatic heterocycles. The molecule has 0 spiro atoms. The minimum absolute atomic E-state index is 0.0171. The van der Waals surface area contributed by atoms with Crippen LogP contribution in [0.15, 0.2) is 59.2 Å². The van der Waals surface area contributed by atoms with E-state index in [1.165, 1.54) is 31.2 Å². The van der Waals surface area contributed by atoms with Crippen LogP contribution < -0.4 is 15.5 Å². The van der Waals surface area contributed by atoms with Crippen molar-refractivity contribution in [3.8, 4) is 0 Å². The Morgan fingerprint density at radius 3 is 1.87 bits per heavy atom. The van der Waals surface area contributed by atoms with E-state index < -0.39 is 88.6 Å². The average Bonchev–Trinajstić information content (AvgIpc) is 3.10. The number of carboxylic acids is 1. The number of hydrogen-bond acceptors (Lipinski definition) is 12. The van der Waals surface area contributed by atoms with Crippen molar-refractivity contribution in [2.75, 3.05) is 48.3 Å². The molecule has 0 aliphatic rings. The zero-order chi connectivity index (χ0) is 45.6. The van der Waals surface area contributed by atoms with E-state index in [1.807, 2.05) is 4.58 Å². The quantitative estimate of drug-likeness (QED) is 0.0262. The number of nitrogens with one attached hydrogen (secondary N) is 2. The standard InChI is InChI=1S/C36H50N4O16S4/c1-25-22-30(60(54,55)56)13-14-32(25)39(17-7-5-6-12-34(41)42)26(2)10-8-11-27(3)40(18-9-19-57(45,46)47)33-24-29(35(43)37-15-20-58(48,49)50)23-31(28(33)4)36(44)38-16-21-59(51,52)53/h8,10-11,13-14,22-24H,5-7,9,12,15-21H2,1-4H3,(H6-,37,38,41,42,43,44,45,46,47,48,49,50,51,52,53,54,55,56)/p+1. The summed E-state index contributed by atoms with van der Waals surface area (Å²) in [5.41, 5.74) is 2.22. The Hall–Kier alpha value is -4.56. The van der Waals surface area contributed by atoms with Crippen LogP contribution in [-0.2, 0) is 45.3 Å². The molecule has 0 atom stereocenters. The molecule has 20 nitrogen and oxygen atoms in total. The van der Waals surface area contributed by atoms with Crippen LogP contribution >= 0.6 is 0 Å². The smallest absolute Gasteiger partial charge is 0.303 e. The second-order valence-electron chi connectivity index (χ2n) is 13.6. The summed E-state index contributed by atoms with van der Waals surface area (Å²) in [6.45, 7) is 5.78. The Morgan fingerprint density at radius 2 is 1.33 bits per heavy atom. The molecule has 0 radical (unpaired) electrons. The van der Waals surface area contributed by atoms with E-state index in [2.05, 4.69) is 10.6 Å². The van der Waals surface area contributed by atoms with E-state index in [4.69, 9.17) is 14.2 Å². The first kappa shape index (κ1) is 51.6. The molecule has 0 aromatic heterocycles. The second kappa shape index (κ2) is 22.3. The van der Waals surface area contributed by atoms with Gasteiger partial charge in [0.2, 0.25) is 5.69 Å². The van der Waals surface area contributed by atoms with E-state index in [1.54, 1.807) is 43.9 Å². The number of aliphatic carboxylic acids is 1. The highest BCUT2D eigenvalue weighted by molar-refractivity contribution is 7.86. The van der Waals surface area contributed by atoms with Gasteiger partial charge in [0.05, 0.1) is 22.2 Å². The molecular formula is C36H51N4O16S4+. The first-order chi connectivity index (χ1) is 27.6. The van der Waals surface area contributed by atoms with Crippen molar-refractivity contribution >= 4 is 75.3 Å². The molecule has 0 fully saturated rings. The van der Waals surface area contributed by atoms with Crippen LogP contribution in [0.5, 0.6) is 0 Å². The molecule has 2 rings (SSSR count). The lowest BCUT2D eigenvalue weighted by molar-refractivity contribution is -0.441. The summed E-state index contributed by atoms with van der Waals surface area (Å²) in [5.74, 6) is -5.00. The number of benzene rings is 2. The van der Waals surface area contributed by atoms with E-state index in [0.29, 0.717) is 48.5 Å². The molecule has 0 heterocycles. The van der Waals surface area contributed by atoms with Gasteiger partial charge in [-0.1, -0.05) is 6.08 Å². The number of hydrogen-bond donors (Lipinski definition) is 7. The normalized spacial score (nSPS) is 13.2. The lowest BCUT2D eigenvalue weighted by Crippen LogP contribution is -2.32. The molecule has 24 heteroatoms. The monoisotopic (exact) mass is 923 g/mol. The van der Waals surface area contributed by atoms with Gasteiger partial charge < -0.3 is 20.6 Å². The molecule has 2 aromatic carbocycles. The molecule has 2 aromatic rings. The average molecular weight is 924 g/mol. The van der Waals surface area contributed by atoms with Crippen LogP contribution in [0.3, 0.4) is 0 Å². The molecule has 0 aliphatic carbocycles. The maximum absolute atomic E-state index is 13.4. The van der Waals surface area contributed by atoms with Gasteiger partial charge in [0.25, 0.3) is 52.3 Å². The van der Waals surface area contributed by atoms with E-state index >= 15 is 0 Å². The number of unbranched alkanes of at least 4 members (excludes halogenated alkanes) is 2. The number of allylic oxidation sites excluding steroid dienone is 4. The topological polar surface area (TPSA) is 319 Å². The zero-order valence-electron chi connectivity index (χ0n) is 33.4. The van der Waals surface area contributed by atoms with Crippen molar-refractivity contribution in [1.29, 1.82) is 0 Å². The van der Waals surface area contributed by atoms with Crippen molar-refractivity contribution in [1.82, 2.24) is 10.6 Å². The summed E-state index contributed by atoms with van der Waals surface area (Å²) in [6, 6.07) is 6.57. The maximum atomic E-state index is 13.4. The fourth-order valence-corrected chi connectivity index (χ4v) is 7.61. The lowest BCUT2D eigenvalue weighted by Gasteiger charge is -2.29. The molecule has 60 heavy (non-hydrogen) atoms. The first-order valence-electron chi connectivity index (χ1n) is 18.2. The summed E-state index contributed by atoms with van der Waals surface area (Å²) in [4.78, 5) is 38.9. The van der Waals surface area contributed by atoms with Gasteiger partial charge in [0.15, 0.2) is 5.71 Å². The summed E-state index contributed by atoms with van der Waals surface area (Å²) < 4.78 is 131. The highest BCUT2D eigenvalue weighted by Gasteiger charge is 2.23. The van der Waals surface area contributed by atoms with Gasteiger partial charge >= 0.3 is 5.97 Å². The Kier molecular flexibility index (Phi) is 19.2. The molecule has 0 unspecified atom stereocenters. The summed E-state index contributed by atoms with van der Waals surface area (Å²) in [5, 5.41) is 13.7. The van der Waals surface area contributed by atoms with E-state index in [9.17, 15) is 57.2 Å². The zero-order valence-corrected chi connectivity index (χ0v) is 36.6. The van der Waals surface area contributed by atoms with E-state index in [0.717, 1.165) is 6.07 Å². The van der Waals surface area contributed by atoms with E-state index in [-0.39, 0.29) is 46.7 Å². The number of carbonyl (C=O) groups is 3. The molecule has 0 saturated carbocycles. The molecule has 7 N–H and O–H groups in total. The third kappa shape index (κ3) is 18.4. The molecular weight excluding hydrogens is 873 g/mol. The van der Waals surface area contributed by atoms with Crippen LogP contribution in [-0.4, -0.2) is 128 Å². The van der Waals surface area contributed by atoms with Crippen LogP contribution in [0.1, 0.15) is 77.8 Å². The summed E-state index contributed by atoms with van der Waals surface area (Å²) >= 11 is 0. The third-order valence-corrected chi connectivity index (χ3v) is 11.9. The highest BCUT2D eigenvalue weighted by atomic mass is 32.2. The number of rotatable bonds is 24. The lowest BCUT2D eigenvalue weighted by atomic mass is 9.99. The fourth-order valence-electron chi connectivity index (χ4n) is 5.83. The van der Waals surface area contributed by atoms with Crippen molar-refractivity contribution in [2.24, 2.45) is 0 Å². The minimum atomic E-state index is -4.49. The Morgan fingerprint density at radius 1 is 0.750 bits per heavy atom. The predicted octanol–water partition coefficient (Wildman–Crippen LogP) is 2.78. The minimum Gasteiger partial charge on any atom is -0.481 e. The van der Waals surface area contributed by atoms with Gasteiger partial charge in [-0.3, -0.25) is 32.6 Å². The van der Waals surface area contributed by atoms with Crippen molar-refractivity contribution in [2.45, 2.75) is 64.7 Å². The third-order valence-electron chi connectivity index (χ3n) is 8.81. The molecule has 0 saturated heterocycles. The highest BCUT2D eigenvalue weighted by Crippen LogP contribution is 2.30. The number of nitrogens with zero attached hydrogens (tertiary/aromatic N) is 2. The Bertz CT molecular complexity index is 2460. The van der Waals surface area contributed by atoms with Gasteiger partial charge in [0, 0.05) is 79.6 Å². The number of amides is 2. The van der Waals surface area contributed by atoms with Crippen LogP contribution in [0.25, 0.3) is 0 Å². The van der Waals surface area contributed by atoms with Gasteiger partial charge in [-0.15, -0.1) is 0 Å². The molecule has 0 bridgehead atoms. The van der Waals surface area contributed by atoms with Gasteiger partial charge in [-0.05, 0) is 75.9 Å². The van der Waals surface area contributed by atoms with Crippen LogP contribution in [0.4, 0.5) is 11.4 Å². The van der Waals surface area contributed by atoms with Gasteiger partial charge in [-0.2, -0.15) is 38.2 Å². The first-order valence-corrected chi connectivity index (χ1v) is 24.5. The van der Waals surface area contributed by atoms with Gasteiger partial charge in [-0.25, -0.2) is 0 Å². The predicted molar refractivity (Wildman–Crippen MR) is 223 cm³/mol. The second-order valence-corrected chi connectivity index (χ2v) is 19.8. The number of carboxylic acid groups (broad SMARTS) is 1. The number of carbonyl (C=O) groups excluding carboxylic acids is 2. The fraction of sp³-hybridized carbons (Fsp3) is 0.444. The van der Waals surface area contributed by atoms with Gasteiger partial charge in [0.1, 0.15) is 6.54 Å². The Balaban J connectivity index is 2.74. The summed E-state index contributed by atoms with van der Waals surface area (Å²) in [6.07, 6.45) is 6.31. The van der Waals surface area contributed by atoms with Crippen LogP contribution in [0, 0.1) is 13.8 Å². The largest absolute Gasteiger partial charge is 0.481 e. The number of anilines is 1. The molecule has 2 amide bonds. The number of aryl methyl sites for hydroxylation is 1. The van der Waals surface area contributed by atoms with Crippen LogP contribution in [0.2, 0.25) is 0 Å². The maximum Gasteiger partial charge on any atom is 0.303 e. The summed E-state index contributed by atoms with van der Waals surface area (Å²) in [7, 11) is -17.8. The van der Waals surface area contributed by atoms with Crippen molar-refractivity contribution in [3.05, 3.63) is 76.5 Å².